The zero-order valence-electron chi connectivity index (χ0n) is 14.4. The number of benzene rings is 1. The highest BCUT2D eigenvalue weighted by atomic mass is 32.2. The Kier molecular flexibility index (Phi) is 6.73. The van der Waals surface area contributed by atoms with E-state index in [1.54, 1.807) is 12.1 Å². The molecule has 0 spiro atoms. The van der Waals surface area contributed by atoms with Crippen LogP contribution in [0.1, 0.15) is 18.9 Å². The van der Waals surface area contributed by atoms with Gasteiger partial charge in [0, 0.05) is 6.04 Å². The van der Waals surface area contributed by atoms with E-state index in [2.05, 4.69) is 10.6 Å². The molecule has 0 aliphatic carbocycles. The van der Waals surface area contributed by atoms with Crippen molar-refractivity contribution in [2.24, 2.45) is 0 Å². The second-order valence-corrected chi connectivity index (χ2v) is 8.41. The SMILES string of the molecule is C[C@@H](OC(=O)CNC(=O)Cc1ccccc1)C(=O)N[C@@H]1CCS(=O)(=O)C1. The van der Waals surface area contributed by atoms with Crippen LogP contribution in [0.3, 0.4) is 0 Å². The number of amides is 2. The van der Waals surface area contributed by atoms with Crippen LogP contribution in [0.25, 0.3) is 0 Å². The molecule has 2 rings (SSSR count). The molecule has 1 heterocycles. The van der Waals surface area contributed by atoms with Gasteiger partial charge in [-0.05, 0) is 18.9 Å². The van der Waals surface area contributed by atoms with Crippen molar-refractivity contribution in [2.45, 2.75) is 31.9 Å². The average molecular weight is 382 g/mol. The monoisotopic (exact) mass is 382 g/mol. The van der Waals surface area contributed by atoms with Crippen molar-refractivity contribution in [2.75, 3.05) is 18.1 Å². The van der Waals surface area contributed by atoms with Crippen molar-refractivity contribution in [3.63, 3.8) is 0 Å². The Morgan fingerprint density at radius 3 is 2.54 bits per heavy atom. The highest BCUT2D eigenvalue weighted by molar-refractivity contribution is 7.91. The third-order valence-electron chi connectivity index (χ3n) is 3.89. The summed E-state index contributed by atoms with van der Waals surface area (Å²) >= 11 is 0. The second-order valence-electron chi connectivity index (χ2n) is 6.18. The Bertz CT molecular complexity index is 763. The third kappa shape index (κ3) is 6.47. The molecule has 0 radical (unpaired) electrons. The van der Waals surface area contributed by atoms with E-state index in [-0.39, 0.29) is 30.4 Å². The number of esters is 1. The molecule has 26 heavy (non-hydrogen) atoms. The Hall–Kier alpha value is -2.42. The number of sulfone groups is 1. The molecule has 0 aromatic heterocycles. The van der Waals surface area contributed by atoms with Crippen LogP contribution in [-0.4, -0.2) is 56.4 Å². The van der Waals surface area contributed by atoms with Gasteiger partial charge in [-0.2, -0.15) is 0 Å². The van der Waals surface area contributed by atoms with Crippen molar-refractivity contribution in [3.8, 4) is 0 Å². The summed E-state index contributed by atoms with van der Waals surface area (Å²) in [4.78, 5) is 35.5. The normalized spacial score (nSPS) is 19.3. The van der Waals surface area contributed by atoms with Crippen LogP contribution in [0, 0.1) is 0 Å². The molecule has 0 saturated carbocycles. The number of carbonyl (C=O) groups is 3. The van der Waals surface area contributed by atoms with E-state index >= 15 is 0 Å². The van der Waals surface area contributed by atoms with Crippen molar-refractivity contribution in [3.05, 3.63) is 35.9 Å². The van der Waals surface area contributed by atoms with Crippen molar-refractivity contribution in [1.29, 1.82) is 0 Å². The molecule has 0 unspecified atom stereocenters. The predicted octanol–water partition coefficient (Wildman–Crippen LogP) is -0.420. The van der Waals surface area contributed by atoms with Crippen LogP contribution < -0.4 is 10.6 Å². The first kappa shape index (κ1) is 19.9. The van der Waals surface area contributed by atoms with Crippen LogP contribution in [0.2, 0.25) is 0 Å². The first-order valence-electron chi connectivity index (χ1n) is 8.26. The molecule has 2 atom stereocenters. The summed E-state index contributed by atoms with van der Waals surface area (Å²) in [6.07, 6.45) is -0.582. The Balaban J connectivity index is 1.69. The second kappa shape index (κ2) is 8.79. The third-order valence-corrected chi connectivity index (χ3v) is 5.66. The van der Waals surface area contributed by atoms with Crippen molar-refractivity contribution < 1.29 is 27.5 Å². The minimum absolute atomic E-state index is 0.0412. The van der Waals surface area contributed by atoms with Gasteiger partial charge in [0.2, 0.25) is 5.91 Å². The Morgan fingerprint density at radius 1 is 1.23 bits per heavy atom. The maximum Gasteiger partial charge on any atom is 0.326 e. The lowest BCUT2D eigenvalue weighted by Gasteiger charge is -2.16. The summed E-state index contributed by atoms with van der Waals surface area (Å²) in [6.45, 7) is 1.05. The molecule has 1 aromatic carbocycles. The van der Waals surface area contributed by atoms with Gasteiger partial charge in [-0.15, -0.1) is 0 Å². The van der Waals surface area contributed by atoms with Crippen LogP contribution in [-0.2, 0) is 35.4 Å². The quantitative estimate of drug-likeness (QED) is 0.619. The molecule has 1 aliphatic heterocycles. The molecule has 1 saturated heterocycles. The van der Waals surface area contributed by atoms with Crippen LogP contribution >= 0.6 is 0 Å². The van der Waals surface area contributed by atoms with E-state index in [1.807, 2.05) is 18.2 Å². The van der Waals surface area contributed by atoms with Crippen LogP contribution in [0.15, 0.2) is 30.3 Å². The van der Waals surface area contributed by atoms with Crippen LogP contribution in [0.5, 0.6) is 0 Å². The van der Waals surface area contributed by atoms with E-state index in [4.69, 9.17) is 4.74 Å². The summed E-state index contributed by atoms with van der Waals surface area (Å²) in [7, 11) is -3.10. The lowest BCUT2D eigenvalue weighted by Crippen LogP contribution is -2.43. The number of hydrogen-bond acceptors (Lipinski definition) is 6. The zero-order valence-corrected chi connectivity index (χ0v) is 15.3. The minimum atomic E-state index is -3.10. The predicted molar refractivity (Wildman–Crippen MR) is 93.9 cm³/mol. The van der Waals surface area contributed by atoms with E-state index in [0.29, 0.717) is 6.42 Å². The molecule has 142 valence electrons. The molecule has 2 N–H and O–H groups in total. The summed E-state index contributed by atoms with van der Waals surface area (Å²) in [5, 5.41) is 4.99. The van der Waals surface area contributed by atoms with Gasteiger partial charge < -0.3 is 15.4 Å². The van der Waals surface area contributed by atoms with Gasteiger partial charge >= 0.3 is 5.97 Å². The van der Waals surface area contributed by atoms with Gasteiger partial charge in [-0.25, -0.2) is 8.42 Å². The molecular weight excluding hydrogens is 360 g/mol. The molecule has 1 fully saturated rings. The molecule has 0 bridgehead atoms. The molecule has 9 heteroatoms. The number of rotatable bonds is 7. The average Bonchev–Trinajstić information content (AvgIpc) is 2.92. The smallest absolute Gasteiger partial charge is 0.326 e. The molecule has 1 aromatic rings. The summed E-state index contributed by atoms with van der Waals surface area (Å²) < 4.78 is 27.7. The molecular formula is C17H22N2O6S. The minimum Gasteiger partial charge on any atom is -0.451 e. The first-order valence-corrected chi connectivity index (χ1v) is 10.1. The van der Waals surface area contributed by atoms with E-state index in [0.717, 1.165) is 5.56 Å². The molecule has 8 nitrogen and oxygen atoms in total. The standard InChI is InChI=1S/C17H22N2O6S/c1-12(17(22)19-14-7-8-26(23,24)11-14)25-16(21)10-18-15(20)9-13-5-3-2-4-6-13/h2-6,12,14H,7-11H2,1H3,(H,18,20)(H,19,22)/t12-,14-/m1/s1. The van der Waals surface area contributed by atoms with E-state index in [1.165, 1.54) is 6.92 Å². The topological polar surface area (TPSA) is 119 Å². The molecule has 1 aliphatic rings. The van der Waals surface area contributed by atoms with Gasteiger partial charge in [-0.1, -0.05) is 30.3 Å². The first-order chi connectivity index (χ1) is 12.2. The highest BCUT2D eigenvalue weighted by Crippen LogP contribution is 2.11. The number of ether oxygens (including phenoxy) is 1. The summed E-state index contributed by atoms with van der Waals surface area (Å²) in [5.41, 5.74) is 0.817. The summed E-state index contributed by atoms with van der Waals surface area (Å²) in [5.74, 6) is -1.69. The number of carbonyl (C=O) groups excluding carboxylic acids is 3. The van der Waals surface area contributed by atoms with E-state index in [9.17, 15) is 22.8 Å². The lowest BCUT2D eigenvalue weighted by atomic mass is 10.1. The van der Waals surface area contributed by atoms with Gasteiger partial charge in [0.1, 0.15) is 6.54 Å². The zero-order chi connectivity index (χ0) is 19.2. The Labute approximate surface area is 152 Å². The van der Waals surface area contributed by atoms with Gasteiger partial charge in [0.05, 0.1) is 17.9 Å². The largest absolute Gasteiger partial charge is 0.451 e. The highest BCUT2D eigenvalue weighted by Gasteiger charge is 2.30. The fourth-order valence-electron chi connectivity index (χ4n) is 2.53. The maximum atomic E-state index is 12.0. The van der Waals surface area contributed by atoms with Gasteiger partial charge in [-0.3, -0.25) is 14.4 Å². The van der Waals surface area contributed by atoms with Crippen molar-refractivity contribution in [1.82, 2.24) is 10.6 Å². The maximum absolute atomic E-state index is 12.0. The number of hydrogen-bond donors (Lipinski definition) is 2. The lowest BCUT2D eigenvalue weighted by molar-refractivity contribution is -0.154. The van der Waals surface area contributed by atoms with Crippen LogP contribution in [0.4, 0.5) is 0 Å². The van der Waals surface area contributed by atoms with Crippen molar-refractivity contribution >= 4 is 27.6 Å². The summed E-state index contributed by atoms with van der Waals surface area (Å²) in [6, 6.07) is 8.60. The van der Waals surface area contributed by atoms with Gasteiger partial charge in [0.15, 0.2) is 15.9 Å². The fourth-order valence-corrected chi connectivity index (χ4v) is 4.21. The van der Waals surface area contributed by atoms with E-state index < -0.39 is 33.9 Å². The number of nitrogens with one attached hydrogen (secondary N) is 2. The molecule has 2 amide bonds. The Morgan fingerprint density at radius 2 is 1.92 bits per heavy atom. The van der Waals surface area contributed by atoms with Gasteiger partial charge in [0.25, 0.3) is 5.91 Å². The fraction of sp³-hybridized carbons (Fsp3) is 0.471.